The summed E-state index contributed by atoms with van der Waals surface area (Å²) < 4.78 is 5.38. The van der Waals surface area contributed by atoms with E-state index in [4.69, 9.17) is 4.74 Å². The highest BCUT2D eigenvalue weighted by atomic mass is 16.5. The molecule has 1 fully saturated rings. The van der Waals surface area contributed by atoms with Gasteiger partial charge in [-0.05, 0) is 33.7 Å². The van der Waals surface area contributed by atoms with Gasteiger partial charge in [-0.2, -0.15) is 0 Å². The molecule has 1 saturated carbocycles. The van der Waals surface area contributed by atoms with E-state index in [1.807, 2.05) is 20.9 Å². The average molecular weight is 243 g/mol. The minimum Gasteiger partial charge on any atom is -0.389 e. The van der Waals surface area contributed by atoms with Crippen LogP contribution in [-0.2, 0) is 9.53 Å². The van der Waals surface area contributed by atoms with Gasteiger partial charge in [-0.3, -0.25) is 4.79 Å². The number of ether oxygens (including phenoxy) is 1. The first-order valence-corrected chi connectivity index (χ1v) is 6.50. The Labute approximate surface area is 104 Å². The molecule has 0 aliphatic heterocycles. The molecule has 0 saturated heterocycles. The van der Waals surface area contributed by atoms with Gasteiger partial charge in [0.25, 0.3) is 0 Å². The molecule has 0 aromatic rings. The van der Waals surface area contributed by atoms with Crippen molar-refractivity contribution in [2.75, 3.05) is 20.2 Å². The molecular weight excluding hydrogens is 218 g/mol. The van der Waals surface area contributed by atoms with Crippen molar-refractivity contribution in [3.05, 3.63) is 0 Å². The molecule has 1 unspecified atom stereocenters. The zero-order valence-corrected chi connectivity index (χ0v) is 11.2. The standard InChI is InChI=1S/C13H25NO3/c1-10(2)17-9-13(16)8-14(3)11-4-6-12(15)7-5-11/h10-11,13,16H,4-9H2,1-3H3. The van der Waals surface area contributed by atoms with Crippen molar-refractivity contribution in [2.24, 2.45) is 0 Å². The molecule has 0 bridgehead atoms. The first-order chi connectivity index (χ1) is 7.99. The van der Waals surface area contributed by atoms with Crippen LogP contribution < -0.4 is 0 Å². The van der Waals surface area contributed by atoms with Crippen LogP contribution in [0.2, 0.25) is 0 Å². The Kier molecular flexibility index (Phi) is 6.09. The van der Waals surface area contributed by atoms with Gasteiger partial charge in [0.2, 0.25) is 0 Å². The molecule has 0 amide bonds. The van der Waals surface area contributed by atoms with Gasteiger partial charge in [0.15, 0.2) is 0 Å². The molecule has 1 atom stereocenters. The summed E-state index contributed by atoms with van der Waals surface area (Å²) in [5.74, 6) is 0.373. The molecule has 0 radical (unpaired) electrons. The van der Waals surface area contributed by atoms with Crippen LogP contribution in [0.25, 0.3) is 0 Å². The molecule has 17 heavy (non-hydrogen) atoms. The third-order valence-electron chi connectivity index (χ3n) is 3.26. The highest BCUT2D eigenvalue weighted by Crippen LogP contribution is 2.19. The Bertz CT molecular complexity index is 233. The van der Waals surface area contributed by atoms with E-state index in [0.29, 0.717) is 37.8 Å². The van der Waals surface area contributed by atoms with E-state index in [1.54, 1.807) is 0 Å². The van der Waals surface area contributed by atoms with Gasteiger partial charge >= 0.3 is 0 Å². The number of Topliss-reactive ketones (excluding diaryl/α,β-unsaturated/α-hetero) is 1. The van der Waals surface area contributed by atoms with Crippen molar-refractivity contribution in [2.45, 2.75) is 57.8 Å². The zero-order chi connectivity index (χ0) is 12.8. The number of aliphatic hydroxyl groups excluding tert-OH is 1. The van der Waals surface area contributed by atoms with Crippen LogP contribution in [0, 0.1) is 0 Å². The van der Waals surface area contributed by atoms with Gasteiger partial charge in [0.1, 0.15) is 5.78 Å². The summed E-state index contributed by atoms with van der Waals surface area (Å²) in [5, 5.41) is 9.82. The number of hydrogen-bond acceptors (Lipinski definition) is 4. The number of likely N-dealkylation sites (N-methyl/N-ethyl adjacent to an activating group) is 1. The Morgan fingerprint density at radius 2 is 2.00 bits per heavy atom. The molecule has 0 spiro atoms. The first kappa shape index (κ1) is 14.6. The minimum absolute atomic E-state index is 0.155. The molecule has 4 nitrogen and oxygen atoms in total. The highest BCUT2D eigenvalue weighted by Gasteiger charge is 2.23. The molecule has 0 aromatic carbocycles. The lowest BCUT2D eigenvalue weighted by molar-refractivity contribution is -0.121. The first-order valence-electron chi connectivity index (χ1n) is 6.50. The van der Waals surface area contributed by atoms with Crippen LogP contribution in [0.3, 0.4) is 0 Å². The fourth-order valence-corrected chi connectivity index (χ4v) is 2.20. The molecule has 4 heteroatoms. The lowest BCUT2D eigenvalue weighted by atomic mass is 9.93. The summed E-state index contributed by atoms with van der Waals surface area (Å²) in [5.41, 5.74) is 0. The second-order valence-electron chi connectivity index (χ2n) is 5.25. The van der Waals surface area contributed by atoms with E-state index >= 15 is 0 Å². The molecule has 1 rings (SSSR count). The van der Waals surface area contributed by atoms with E-state index in [9.17, 15) is 9.90 Å². The second-order valence-corrected chi connectivity index (χ2v) is 5.25. The summed E-state index contributed by atoms with van der Waals surface area (Å²) in [7, 11) is 2.01. The third kappa shape index (κ3) is 5.61. The number of rotatable bonds is 6. The third-order valence-corrected chi connectivity index (χ3v) is 3.26. The van der Waals surface area contributed by atoms with Crippen LogP contribution >= 0.6 is 0 Å². The topological polar surface area (TPSA) is 49.8 Å². The van der Waals surface area contributed by atoms with E-state index < -0.39 is 6.10 Å². The van der Waals surface area contributed by atoms with Gasteiger partial charge in [-0.1, -0.05) is 0 Å². The monoisotopic (exact) mass is 243 g/mol. The Morgan fingerprint density at radius 1 is 1.41 bits per heavy atom. The van der Waals surface area contributed by atoms with Crippen molar-refractivity contribution in [3.8, 4) is 0 Å². The lowest BCUT2D eigenvalue weighted by Crippen LogP contribution is -2.41. The number of nitrogens with zero attached hydrogens (tertiary/aromatic N) is 1. The fourth-order valence-electron chi connectivity index (χ4n) is 2.20. The van der Waals surface area contributed by atoms with E-state index in [1.165, 1.54) is 0 Å². The maximum atomic E-state index is 11.1. The quantitative estimate of drug-likeness (QED) is 0.762. The Balaban J connectivity index is 2.23. The molecular formula is C13H25NO3. The number of ketones is 1. The van der Waals surface area contributed by atoms with Crippen molar-refractivity contribution >= 4 is 5.78 Å². The SMILES string of the molecule is CC(C)OCC(O)CN(C)C1CCC(=O)CC1. The fraction of sp³-hybridized carbons (Fsp3) is 0.923. The molecule has 0 heterocycles. The molecule has 1 aliphatic carbocycles. The van der Waals surface area contributed by atoms with Gasteiger partial charge in [0.05, 0.1) is 18.8 Å². The van der Waals surface area contributed by atoms with Gasteiger partial charge < -0.3 is 14.7 Å². The Morgan fingerprint density at radius 3 is 2.53 bits per heavy atom. The Hall–Kier alpha value is -0.450. The second kappa shape index (κ2) is 7.09. The maximum absolute atomic E-state index is 11.1. The summed E-state index contributed by atoms with van der Waals surface area (Å²) in [6, 6.07) is 0.432. The summed E-state index contributed by atoms with van der Waals surface area (Å²) in [6.07, 6.45) is 2.93. The van der Waals surface area contributed by atoms with Crippen LogP contribution in [-0.4, -0.2) is 54.2 Å². The van der Waals surface area contributed by atoms with E-state index in [2.05, 4.69) is 4.90 Å². The zero-order valence-electron chi connectivity index (χ0n) is 11.2. The largest absolute Gasteiger partial charge is 0.389 e. The van der Waals surface area contributed by atoms with Gasteiger partial charge in [0, 0.05) is 25.4 Å². The molecule has 0 aromatic heterocycles. The molecule has 1 aliphatic rings. The van der Waals surface area contributed by atoms with Crippen molar-refractivity contribution < 1.29 is 14.6 Å². The molecule has 1 N–H and O–H groups in total. The number of aliphatic hydroxyl groups is 1. The van der Waals surface area contributed by atoms with Crippen LogP contribution in [0.1, 0.15) is 39.5 Å². The van der Waals surface area contributed by atoms with Crippen molar-refractivity contribution in [1.82, 2.24) is 4.90 Å². The van der Waals surface area contributed by atoms with Crippen molar-refractivity contribution in [3.63, 3.8) is 0 Å². The number of carbonyl (C=O) groups is 1. The lowest BCUT2D eigenvalue weighted by Gasteiger charge is -2.32. The van der Waals surface area contributed by atoms with Crippen LogP contribution in [0.15, 0.2) is 0 Å². The predicted octanol–water partition coefficient (Wildman–Crippen LogP) is 1.22. The number of carbonyl (C=O) groups excluding carboxylic acids is 1. The molecule has 100 valence electrons. The minimum atomic E-state index is -0.444. The normalized spacial score (nSPS) is 20.2. The average Bonchev–Trinajstić information content (AvgIpc) is 2.27. The van der Waals surface area contributed by atoms with Gasteiger partial charge in [-0.25, -0.2) is 0 Å². The van der Waals surface area contributed by atoms with Crippen LogP contribution in [0.4, 0.5) is 0 Å². The highest BCUT2D eigenvalue weighted by molar-refractivity contribution is 5.79. The smallest absolute Gasteiger partial charge is 0.133 e. The van der Waals surface area contributed by atoms with Crippen molar-refractivity contribution in [1.29, 1.82) is 0 Å². The predicted molar refractivity (Wildman–Crippen MR) is 67.0 cm³/mol. The van der Waals surface area contributed by atoms with E-state index in [-0.39, 0.29) is 6.10 Å². The summed E-state index contributed by atoms with van der Waals surface area (Å²) >= 11 is 0. The summed E-state index contributed by atoms with van der Waals surface area (Å²) in [4.78, 5) is 13.3. The van der Waals surface area contributed by atoms with E-state index in [0.717, 1.165) is 12.8 Å². The number of hydrogen-bond donors (Lipinski definition) is 1. The summed E-state index contributed by atoms with van der Waals surface area (Å²) in [6.45, 7) is 4.92. The van der Waals surface area contributed by atoms with Crippen LogP contribution in [0.5, 0.6) is 0 Å². The van der Waals surface area contributed by atoms with Gasteiger partial charge in [-0.15, -0.1) is 0 Å². The maximum Gasteiger partial charge on any atom is 0.133 e.